The second-order valence-corrected chi connectivity index (χ2v) is 5.12. The van der Waals surface area contributed by atoms with Crippen molar-refractivity contribution in [2.75, 3.05) is 19.6 Å². The van der Waals surface area contributed by atoms with Crippen molar-refractivity contribution in [3.05, 3.63) is 35.4 Å². The molecule has 1 saturated carbocycles. The number of nitrogens with one attached hydrogen (secondary N) is 2. The number of hydrogen-bond acceptors (Lipinski definition) is 1. The van der Waals surface area contributed by atoms with E-state index < -0.39 is 11.6 Å². The van der Waals surface area contributed by atoms with Crippen LogP contribution in [0.15, 0.2) is 23.2 Å². The first-order chi connectivity index (χ1) is 9.67. The minimum absolute atomic E-state index is 0. The molecule has 0 heterocycles. The molecule has 2 N–H and O–H groups in total. The molecule has 2 rings (SSSR count). The van der Waals surface area contributed by atoms with Gasteiger partial charge in [0.2, 0.25) is 0 Å². The zero-order valence-electron chi connectivity index (χ0n) is 12.2. The Labute approximate surface area is 141 Å². The summed E-state index contributed by atoms with van der Waals surface area (Å²) >= 11 is 0. The van der Waals surface area contributed by atoms with Gasteiger partial charge in [0.05, 0.1) is 0 Å². The molecule has 1 aromatic carbocycles. The van der Waals surface area contributed by atoms with Crippen LogP contribution in [0.5, 0.6) is 0 Å². The van der Waals surface area contributed by atoms with Crippen LogP contribution in [-0.4, -0.2) is 25.6 Å². The van der Waals surface area contributed by atoms with Crippen LogP contribution in [0.3, 0.4) is 0 Å². The number of guanidine groups is 1. The monoisotopic (exact) mass is 409 g/mol. The van der Waals surface area contributed by atoms with E-state index in [9.17, 15) is 8.78 Å². The van der Waals surface area contributed by atoms with Gasteiger partial charge in [-0.2, -0.15) is 0 Å². The lowest BCUT2D eigenvalue weighted by molar-refractivity contribution is 0.579. The van der Waals surface area contributed by atoms with E-state index in [1.165, 1.54) is 25.0 Å². The quantitative estimate of drug-likeness (QED) is 0.431. The number of nitrogens with zero attached hydrogens (tertiary/aromatic N) is 1. The Bertz CT molecular complexity index is 456. The predicted octanol–water partition coefficient (Wildman–Crippen LogP) is 3.09. The molecule has 1 aliphatic rings. The first-order valence-electron chi connectivity index (χ1n) is 7.14. The Morgan fingerprint density at radius 3 is 2.43 bits per heavy atom. The summed E-state index contributed by atoms with van der Waals surface area (Å²) in [4.78, 5) is 4.49. The number of rotatable bonds is 6. The average molecular weight is 409 g/mol. The van der Waals surface area contributed by atoms with Crippen LogP contribution in [0.25, 0.3) is 0 Å². The summed E-state index contributed by atoms with van der Waals surface area (Å²) in [6.45, 7) is 4.25. The molecule has 0 bridgehead atoms. The maximum atomic E-state index is 13.1. The molecule has 0 unspecified atom stereocenters. The zero-order chi connectivity index (χ0) is 14.4. The van der Waals surface area contributed by atoms with Gasteiger partial charge in [0.1, 0.15) is 11.6 Å². The molecule has 118 valence electrons. The standard InChI is InChI=1S/C15H21F2N3.HI/c1-2-18-15(20-10-11-3-4-11)19-6-5-12-7-13(16)9-14(17)8-12;/h7-9,11H,2-6,10H2,1H3,(H2,18,19,20);1H. The molecule has 6 heteroatoms. The Kier molecular flexibility index (Phi) is 7.92. The van der Waals surface area contributed by atoms with E-state index in [4.69, 9.17) is 0 Å². The van der Waals surface area contributed by atoms with Gasteiger partial charge >= 0.3 is 0 Å². The first kappa shape index (κ1) is 18.1. The first-order valence-corrected chi connectivity index (χ1v) is 7.14. The highest BCUT2D eigenvalue weighted by Gasteiger charge is 2.20. The lowest BCUT2D eigenvalue weighted by atomic mass is 10.1. The van der Waals surface area contributed by atoms with Crippen LogP contribution in [0.2, 0.25) is 0 Å². The summed E-state index contributed by atoms with van der Waals surface area (Å²) in [5.74, 6) is 0.447. The van der Waals surface area contributed by atoms with Gasteiger partial charge in [0, 0.05) is 25.7 Å². The number of hydrogen-bond donors (Lipinski definition) is 2. The molecular formula is C15H22F2IN3. The number of halogens is 3. The van der Waals surface area contributed by atoms with Gasteiger partial charge in [-0.05, 0) is 49.8 Å². The van der Waals surface area contributed by atoms with Crippen LogP contribution in [0.1, 0.15) is 25.3 Å². The van der Waals surface area contributed by atoms with Crippen molar-refractivity contribution >= 4 is 29.9 Å². The second kappa shape index (κ2) is 9.17. The molecule has 21 heavy (non-hydrogen) atoms. The normalized spacial score (nSPS) is 14.5. The second-order valence-electron chi connectivity index (χ2n) is 5.12. The predicted molar refractivity (Wildman–Crippen MR) is 92.2 cm³/mol. The van der Waals surface area contributed by atoms with Crippen molar-refractivity contribution in [1.82, 2.24) is 10.6 Å². The van der Waals surface area contributed by atoms with Crippen LogP contribution >= 0.6 is 24.0 Å². The van der Waals surface area contributed by atoms with E-state index in [0.717, 1.165) is 31.0 Å². The summed E-state index contributed by atoms with van der Waals surface area (Å²) in [5, 5.41) is 6.35. The molecule has 3 nitrogen and oxygen atoms in total. The Hall–Kier alpha value is -0.920. The van der Waals surface area contributed by atoms with Crippen LogP contribution < -0.4 is 10.6 Å². The molecule has 0 radical (unpaired) electrons. The van der Waals surface area contributed by atoms with Gasteiger partial charge < -0.3 is 10.6 Å². The lowest BCUT2D eigenvalue weighted by Gasteiger charge is -2.11. The highest BCUT2D eigenvalue weighted by Crippen LogP contribution is 2.28. The number of aliphatic imine (C=N–C) groups is 1. The van der Waals surface area contributed by atoms with Crippen molar-refractivity contribution in [2.45, 2.75) is 26.2 Å². The largest absolute Gasteiger partial charge is 0.357 e. The van der Waals surface area contributed by atoms with Crippen LogP contribution in [0, 0.1) is 17.6 Å². The van der Waals surface area contributed by atoms with Gasteiger partial charge in [0.15, 0.2) is 5.96 Å². The van der Waals surface area contributed by atoms with E-state index >= 15 is 0 Å². The van der Waals surface area contributed by atoms with Gasteiger partial charge in [-0.1, -0.05) is 0 Å². The minimum atomic E-state index is -0.533. The van der Waals surface area contributed by atoms with Crippen molar-refractivity contribution in [3.63, 3.8) is 0 Å². The van der Waals surface area contributed by atoms with E-state index in [-0.39, 0.29) is 24.0 Å². The Morgan fingerprint density at radius 2 is 1.86 bits per heavy atom. The average Bonchev–Trinajstić information content (AvgIpc) is 3.18. The third-order valence-electron chi connectivity index (χ3n) is 3.18. The van der Waals surface area contributed by atoms with Crippen molar-refractivity contribution in [3.8, 4) is 0 Å². The fourth-order valence-corrected chi connectivity index (χ4v) is 1.94. The van der Waals surface area contributed by atoms with Crippen LogP contribution in [0.4, 0.5) is 8.78 Å². The molecule has 0 saturated heterocycles. The molecular weight excluding hydrogens is 387 g/mol. The molecule has 1 aliphatic carbocycles. The molecule has 0 aliphatic heterocycles. The molecule has 0 amide bonds. The summed E-state index contributed by atoms with van der Waals surface area (Å²) in [6.07, 6.45) is 3.10. The molecule has 0 spiro atoms. The smallest absolute Gasteiger partial charge is 0.191 e. The summed E-state index contributed by atoms with van der Waals surface area (Å²) < 4.78 is 26.1. The Morgan fingerprint density at radius 1 is 1.19 bits per heavy atom. The number of benzene rings is 1. The lowest BCUT2D eigenvalue weighted by Crippen LogP contribution is -2.38. The van der Waals surface area contributed by atoms with E-state index in [1.54, 1.807) is 0 Å². The maximum absolute atomic E-state index is 13.1. The van der Waals surface area contributed by atoms with Gasteiger partial charge in [-0.25, -0.2) is 8.78 Å². The third kappa shape index (κ3) is 7.06. The third-order valence-corrected chi connectivity index (χ3v) is 3.18. The van der Waals surface area contributed by atoms with E-state index in [0.29, 0.717) is 18.5 Å². The van der Waals surface area contributed by atoms with Gasteiger partial charge in [-0.3, -0.25) is 4.99 Å². The molecule has 0 aromatic heterocycles. The van der Waals surface area contributed by atoms with Crippen molar-refractivity contribution in [2.24, 2.45) is 10.9 Å². The topological polar surface area (TPSA) is 36.4 Å². The van der Waals surface area contributed by atoms with E-state index in [1.807, 2.05) is 6.92 Å². The highest BCUT2D eigenvalue weighted by molar-refractivity contribution is 14.0. The fourth-order valence-electron chi connectivity index (χ4n) is 1.94. The summed E-state index contributed by atoms with van der Waals surface area (Å²) in [7, 11) is 0. The van der Waals surface area contributed by atoms with Gasteiger partial charge in [-0.15, -0.1) is 24.0 Å². The van der Waals surface area contributed by atoms with Crippen LogP contribution in [-0.2, 0) is 6.42 Å². The van der Waals surface area contributed by atoms with Gasteiger partial charge in [0.25, 0.3) is 0 Å². The Balaban J connectivity index is 0.00000220. The summed E-state index contributed by atoms with van der Waals surface area (Å²) in [5.41, 5.74) is 0.646. The molecule has 1 fully saturated rings. The SMILES string of the molecule is CCNC(=NCC1CC1)NCCc1cc(F)cc(F)c1.I. The minimum Gasteiger partial charge on any atom is -0.357 e. The summed E-state index contributed by atoms with van der Waals surface area (Å²) in [6, 6.07) is 3.61. The molecule has 1 aromatic rings. The maximum Gasteiger partial charge on any atom is 0.191 e. The fraction of sp³-hybridized carbons (Fsp3) is 0.533. The van der Waals surface area contributed by atoms with Crippen molar-refractivity contribution in [1.29, 1.82) is 0 Å². The van der Waals surface area contributed by atoms with Crippen molar-refractivity contribution < 1.29 is 8.78 Å². The van der Waals surface area contributed by atoms with E-state index in [2.05, 4.69) is 15.6 Å². The molecule has 0 atom stereocenters. The highest BCUT2D eigenvalue weighted by atomic mass is 127. The zero-order valence-corrected chi connectivity index (χ0v) is 14.5.